The van der Waals surface area contributed by atoms with Gasteiger partial charge in [-0.2, -0.15) is 13.2 Å². The quantitative estimate of drug-likeness (QED) is 0.315. The van der Waals surface area contributed by atoms with Gasteiger partial charge >= 0.3 is 6.18 Å². The normalized spacial score (nSPS) is 13.0. The first kappa shape index (κ1) is 24.7. The highest BCUT2D eigenvalue weighted by Gasteiger charge is 2.33. The highest BCUT2D eigenvalue weighted by atomic mass is 35.5. The number of nitrogens with zero attached hydrogens (tertiary/aromatic N) is 4. The lowest BCUT2D eigenvalue weighted by atomic mass is 9.93. The molecular weight excluding hydrogens is 486 g/mol. The van der Waals surface area contributed by atoms with Crippen LogP contribution in [-0.2, 0) is 6.18 Å². The van der Waals surface area contributed by atoms with Crippen LogP contribution in [0.1, 0.15) is 49.5 Å². The third-order valence-corrected chi connectivity index (χ3v) is 5.81. The summed E-state index contributed by atoms with van der Waals surface area (Å²) in [6.07, 6.45) is -0.783. The molecule has 3 heterocycles. The summed E-state index contributed by atoms with van der Waals surface area (Å²) in [4.78, 5) is 12.2. The lowest BCUT2D eigenvalue weighted by Crippen LogP contribution is -2.13. The van der Waals surface area contributed by atoms with Crippen molar-refractivity contribution in [3.8, 4) is 16.9 Å². The predicted octanol–water partition coefficient (Wildman–Crippen LogP) is 6.43. The number of alkyl halides is 3. The van der Waals surface area contributed by atoms with E-state index in [2.05, 4.69) is 15.0 Å². The average molecular weight is 508 g/mol. The minimum Gasteiger partial charge on any atom is -0.490 e. The van der Waals surface area contributed by atoms with Gasteiger partial charge in [0.1, 0.15) is 28.6 Å². The topological polar surface area (TPSA) is 78.3 Å². The largest absolute Gasteiger partial charge is 0.490 e. The van der Waals surface area contributed by atoms with Crippen molar-refractivity contribution in [2.45, 2.75) is 45.9 Å². The van der Waals surface area contributed by atoms with Gasteiger partial charge in [0.15, 0.2) is 5.82 Å². The van der Waals surface area contributed by atoms with Crippen LogP contribution < -0.4 is 10.5 Å². The van der Waals surface area contributed by atoms with E-state index in [4.69, 9.17) is 22.1 Å². The summed E-state index contributed by atoms with van der Waals surface area (Å²) < 4.78 is 62.3. The Balaban J connectivity index is 1.95. The molecule has 1 atom stereocenters. The van der Waals surface area contributed by atoms with E-state index in [9.17, 15) is 13.2 Å². The summed E-state index contributed by atoms with van der Waals surface area (Å²) >= 11 is 6.27. The molecule has 0 bridgehead atoms. The van der Waals surface area contributed by atoms with Crippen LogP contribution in [0.4, 0.5) is 23.4 Å². The van der Waals surface area contributed by atoms with Crippen LogP contribution in [0, 0.1) is 12.7 Å². The number of nitrogens with two attached hydrogens (primary N) is 1. The fraction of sp³-hybridized carbons (Fsp3) is 0.292. The fourth-order valence-corrected chi connectivity index (χ4v) is 4.21. The SMILES string of the molecule is Cc1nc(C(C)c2cc(Cl)c(F)c(-c3ccc(C(F)(F)F)nc3)c2OC(C)C)n2ccnc(N)c12. The van der Waals surface area contributed by atoms with E-state index in [1.54, 1.807) is 37.6 Å². The molecule has 4 aromatic rings. The molecule has 0 saturated heterocycles. The molecule has 0 aliphatic heterocycles. The van der Waals surface area contributed by atoms with Crippen molar-refractivity contribution in [1.82, 2.24) is 19.4 Å². The molecule has 0 aliphatic carbocycles. The number of rotatable bonds is 5. The van der Waals surface area contributed by atoms with E-state index in [0.29, 0.717) is 28.4 Å². The molecule has 0 aliphatic rings. The Kier molecular flexibility index (Phi) is 6.35. The third-order valence-electron chi connectivity index (χ3n) is 5.54. The number of halogens is 5. The van der Waals surface area contributed by atoms with Crippen LogP contribution in [-0.4, -0.2) is 25.5 Å². The van der Waals surface area contributed by atoms with Gasteiger partial charge in [0.2, 0.25) is 0 Å². The Bertz CT molecular complexity index is 1400. The van der Waals surface area contributed by atoms with E-state index in [1.807, 2.05) is 6.92 Å². The van der Waals surface area contributed by atoms with Crippen LogP contribution in [0.2, 0.25) is 5.02 Å². The number of imidazole rings is 1. The molecular formula is C24H22ClF4N5O. The number of hydrogen-bond donors (Lipinski definition) is 1. The standard InChI is InChI=1S/C24H22ClF4N5O/c1-11(2)35-21-15(12(3)23-33-13(4)20-22(30)31-7-8-34(20)23)9-16(25)19(26)18(21)14-5-6-17(32-10-14)24(27,28)29/h5-12H,1-4H3,(H2,30,31). The molecule has 1 unspecified atom stereocenters. The smallest absolute Gasteiger partial charge is 0.433 e. The van der Waals surface area contributed by atoms with Crippen LogP contribution >= 0.6 is 11.6 Å². The van der Waals surface area contributed by atoms with Gasteiger partial charge in [-0.05, 0) is 32.9 Å². The summed E-state index contributed by atoms with van der Waals surface area (Å²) in [6, 6.07) is 3.38. The summed E-state index contributed by atoms with van der Waals surface area (Å²) in [6.45, 7) is 7.16. The molecule has 2 N–H and O–H groups in total. The van der Waals surface area contributed by atoms with Crippen LogP contribution in [0.25, 0.3) is 16.6 Å². The van der Waals surface area contributed by atoms with E-state index in [0.717, 1.165) is 18.3 Å². The minimum atomic E-state index is -4.63. The third kappa shape index (κ3) is 4.50. The number of pyridine rings is 1. The second kappa shape index (κ2) is 8.99. The Morgan fingerprint density at radius 1 is 1.14 bits per heavy atom. The molecule has 4 rings (SSSR count). The molecule has 6 nitrogen and oxygen atoms in total. The number of nitrogen functional groups attached to an aromatic ring is 1. The highest BCUT2D eigenvalue weighted by Crippen LogP contribution is 2.44. The molecule has 0 fully saturated rings. The first-order chi connectivity index (χ1) is 16.4. The van der Waals surface area contributed by atoms with Gasteiger partial charge in [0.25, 0.3) is 0 Å². The fourth-order valence-electron chi connectivity index (χ4n) is 3.99. The molecule has 0 saturated carbocycles. The van der Waals surface area contributed by atoms with Gasteiger partial charge in [-0.15, -0.1) is 0 Å². The number of benzene rings is 1. The van der Waals surface area contributed by atoms with E-state index >= 15 is 4.39 Å². The van der Waals surface area contributed by atoms with E-state index in [1.165, 1.54) is 6.07 Å². The van der Waals surface area contributed by atoms with E-state index in [-0.39, 0.29) is 28.0 Å². The van der Waals surface area contributed by atoms with Gasteiger partial charge in [0, 0.05) is 35.6 Å². The van der Waals surface area contributed by atoms with Gasteiger partial charge in [-0.25, -0.2) is 14.4 Å². The monoisotopic (exact) mass is 507 g/mol. The first-order valence-electron chi connectivity index (χ1n) is 10.7. The van der Waals surface area contributed by atoms with Crippen molar-refractivity contribution >= 4 is 22.9 Å². The number of anilines is 1. The molecule has 35 heavy (non-hydrogen) atoms. The Morgan fingerprint density at radius 2 is 1.86 bits per heavy atom. The summed E-state index contributed by atoms with van der Waals surface area (Å²) in [5, 5.41) is -0.211. The summed E-state index contributed by atoms with van der Waals surface area (Å²) in [5.74, 6) is -0.251. The molecule has 0 radical (unpaired) electrons. The first-order valence-corrected chi connectivity index (χ1v) is 11.1. The van der Waals surface area contributed by atoms with Gasteiger partial charge < -0.3 is 10.5 Å². The zero-order valence-corrected chi connectivity index (χ0v) is 20.0. The minimum absolute atomic E-state index is 0.0759. The van der Waals surface area contributed by atoms with Crippen molar-refractivity contribution in [2.75, 3.05) is 5.73 Å². The van der Waals surface area contributed by atoms with Crippen LogP contribution in [0.5, 0.6) is 5.75 Å². The zero-order chi connectivity index (χ0) is 25.7. The summed E-state index contributed by atoms with van der Waals surface area (Å²) in [7, 11) is 0. The number of hydrogen-bond acceptors (Lipinski definition) is 5. The highest BCUT2D eigenvalue weighted by molar-refractivity contribution is 6.31. The number of fused-ring (bicyclic) bond motifs is 1. The number of aromatic nitrogens is 4. The maximum Gasteiger partial charge on any atom is 0.433 e. The van der Waals surface area contributed by atoms with Crippen molar-refractivity contribution in [3.63, 3.8) is 0 Å². The maximum absolute atomic E-state index is 15.4. The van der Waals surface area contributed by atoms with Crippen LogP contribution in [0.15, 0.2) is 36.8 Å². The summed E-state index contributed by atoms with van der Waals surface area (Å²) in [5.41, 5.74) is 6.77. The van der Waals surface area contributed by atoms with E-state index < -0.39 is 23.6 Å². The van der Waals surface area contributed by atoms with Gasteiger partial charge in [0.05, 0.1) is 22.4 Å². The zero-order valence-electron chi connectivity index (χ0n) is 19.3. The molecule has 0 spiro atoms. The average Bonchev–Trinajstić information content (AvgIpc) is 3.13. The second-order valence-corrected chi connectivity index (χ2v) is 8.78. The predicted molar refractivity (Wildman–Crippen MR) is 125 cm³/mol. The maximum atomic E-state index is 15.4. The van der Waals surface area contributed by atoms with Gasteiger partial charge in [-0.3, -0.25) is 9.38 Å². The Hall–Kier alpha value is -3.40. The van der Waals surface area contributed by atoms with Crippen molar-refractivity contribution in [3.05, 3.63) is 70.4 Å². The Labute approximate surface area is 203 Å². The van der Waals surface area contributed by atoms with Crippen LogP contribution in [0.3, 0.4) is 0 Å². The number of ether oxygens (including phenoxy) is 1. The van der Waals surface area contributed by atoms with Crippen molar-refractivity contribution in [2.24, 2.45) is 0 Å². The lowest BCUT2D eigenvalue weighted by molar-refractivity contribution is -0.141. The number of aryl methyl sites for hydroxylation is 1. The second-order valence-electron chi connectivity index (χ2n) is 8.37. The molecule has 184 valence electrons. The van der Waals surface area contributed by atoms with Gasteiger partial charge in [-0.1, -0.05) is 24.6 Å². The van der Waals surface area contributed by atoms with Crippen molar-refractivity contribution in [1.29, 1.82) is 0 Å². The molecule has 0 amide bonds. The lowest BCUT2D eigenvalue weighted by Gasteiger charge is -2.23. The molecule has 11 heteroatoms. The Morgan fingerprint density at radius 3 is 2.46 bits per heavy atom. The molecule has 1 aromatic carbocycles. The molecule has 3 aromatic heterocycles. The van der Waals surface area contributed by atoms with Crippen molar-refractivity contribution < 1.29 is 22.3 Å².